The highest BCUT2D eigenvalue weighted by Gasteiger charge is 2.14. The van der Waals surface area contributed by atoms with Crippen LogP contribution in [0.3, 0.4) is 0 Å². The van der Waals surface area contributed by atoms with Crippen LogP contribution in [0.4, 0.5) is 5.69 Å². The summed E-state index contributed by atoms with van der Waals surface area (Å²) in [6, 6.07) is 17.9. The number of hydrogen-bond donors (Lipinski definition) is 2. The Morgan fingerprint density at radius 3 is 2.26 bits per heavy atom. The minimum atomic E-state index is -0.582. The zero-order chi connectivity index (χ0) is 16.4. The van der Waals surface area contributed by atoms with E-state index in [9.17, 15) is 9.59 Å². The van der Waals surface area contributed by atoms with Crippen molar-refractivity contribution in [2.45, 2.75) is 0 Å². The lowest BCUT2D eigenvalue weighted by Crippen LogP contribution is -2.18. The van der Waals surface area contributed by atoms with Crippen molar-refractivity contribution < 1.29 is 9.59 Å². The Morgan fingerprint density at radius 2 is 1.48 bits per heavy atom. The molecule has 0 saturated heterocycles. The molecule has 0 aliphatic heterocycles. The summed E-state index contributed by atoms with van der Waals surface area (Å²) in [6.45, 7) is 0. The Balaban J connectivity index is 2.03. The van der Waals surface area contributed by atoms with Crippen LogP contribution in [0, 0.1) is 0 Å². The molecule has 0 atom stereocenters. The number of carbonyl (C=O) groups is 2. The van der Waals surface area contributed by atoms with Gasteiger partial charge in [0.25, 0.3) is 11.8 Å². The van der Waals surface area contributed by atoms with Crippen molar-refractivity contribution in [3.63, 3.8) is 0 Å². The first-order chi connectivity index (χ1) is 11.1. The van der Waals surface area contributed by atoms with E-state index >= 15 is 0 Å². The molecule has 3 aromatic rings. The minimum absolute atomic E-state index is 0.280. The van der Waals surface area contributed by atoms with Gasteiger partial charge in [-0.1, -0.05) is 52.3 Å². The van der Waals surface area contributed by atoms with E-state index in [4.69, 9.17) is 5.73 Å². The van der Waals surface area contributed by atoms with E-state index in [1.165, 1.54) is 0 Å². The molecule has 23 heavy (non-hydrogen) atoms. The topological polar surface area (TPSA) is 72.2 Å². The summed E-state index contributed by atoms with van der Waals surface area (Å²) in [7, 11) is 0. The smallest absolute Gasteiger partial charge is 0.256 e. The fourth-order valence-corrected chi connectivity index (χ4v) is 2.96. The van der Waals surface area contributed by atoms with Crippen LogP contribution >= 0.6 is 15.9 Å². The highest BCUT2D eigenvalue weighted by Crippen LogP contribution is 2.27. The number of para-hydroxylation sites is 1. The van der Waals surface area contributed by atoms with Gasteiger partial charge < -0.3 is 11.1 Å². The zero-order valence-electron chi connectivity index (χ0n) is 12.0. The van der Waals surface area contributed by atoms with Crippen molar-refractivity contribution >= 4 is 44.2 Å². The molecule has 0 fully saturated rings. The molecule has 0 heterocycles. The highest BCUT2D eigenvalue weighted by molar-refractivity contribution is 9.10. The number of amides is 2. The molecule has 5 heteroatoms. The quantitative estimate of drug-likeness (QED) is 0.734. The first kappa shape index (κ1) is 15.2. The van der Waals surface area contributed by atoms with Gasteiger partial charge in [0.1, 0.15) is 0 Å². The normalized spacial score (nSPS) is 10.5. The summed E-state index contributed by atoms with van der Waals surface area (Å²) in [5, 5.41) is 4.54. The molecule has 0 spiro atoms. The number of benzene rings is 3. The number of primary amides is 1. The molecule has 3 aromatic carbocycles. The molecule has 0 aliphatic carbocycles. The van der Waals surface area contributed by atoms with Gasteiger partial charge in [0.15, 0.2) is 0 Å². The second-order valence-electron chi connectivity index (χ2n) is 5.00. The fraction of sp³-hybridized carbons (Fsp3) is 0. The van der Waals surface area contributed by atoms with Crippen LogP contribution in [0.15, 0.2) is 65.1 Å². The molecule has 4 nitrogen and oxygen atoms in total. The van der Waals surface area contributed by atoms with Crippen molar-refractivity contribution in [1.82, 2.24) is 0 Å². The average molecular weight is 369 g/mol. The van der Waals surface area contributed by atoms with Gasteiger partial charge in [-0.2, -0.15) is 0 Å². The number of fused-ring (bicyclic) bond motifs is 1. The van der Waals surface area contributed by atoms with Gasteiger partial charge in [0.2, 0.25) is 0 Å². The van der Waals surface area contributed by atoms with Gasteiger partial charge in [-0.3, -0.25) is 9.59 Å². The zero-order valence-corrected chi connectivity index (χ0v) is 13.6. The minimum Gasteiger partial charge on any atom is -0.366 e. The summed E-state index contributed by atoms with van der Waals surface area (Å²) < 4.78 is 0.919. The highest BCUT2D eigenvalue weighted by atomic mass is 79.9. The summed E-state index contributed by atoms with van der Waals surface area (Å²) in [4.78, 5) is 24.1. The predicted octanol–water partition coefficient (Wildman–Crippen LogP) is 3.95. The maximum Gasteiger partial charge on any atom is 0.256 e. The average Bonchev–Trinajstić information content (AvgIpc) is 2.55. The van der Waals surface area contributed by atoms with Crippen LogP contribution < -0.4 is 11.1 Å². The predicted molar refractivity (Wildman–Crippen MR) is 94.6 cm³/mol. The third kappa shape index (κ3) is 2.96. The number of anilines is 1. The standard InChI is InChI=1S/C18H13BrN2O2/c19-15-9-4-6-11-12(15)7-3-8-13(11)18(23)21-16-10-2-1-5-14(16)17(20)22/h1-10H,(H2,20,22)(H,21,23). The molecule has 0 saturated carbocycles. The van der Waals surface area contributed by atoms with Gasteiger partial charge in [0, 0.05) is 10.0 Å². The molecule has 0 unspecified atom stereocenters. The SMILES string of the molecule is NC(=O)c1ccccc1NC(=O)c1cccc2c(Br)cccc12. The fourth-order valence-electron chi connectivity index (χ4n) is 2.47. The van der Waals surface area contributed by atoms with Crippen molar-refractivity contribution in [3.8, 4) is 0 Å². The van der Waals surface area contributed by atoms with Crippen LogP contribution in [0.25, 0.3) is 10.8 Å². The second-order valence-corrected chi connectivity index (χ2v) is 5.86. The monoisotopic (exact) mass is 368 g/mol. The molecular weight excluding hydrogens is 356 g/mol. The van der Waals surface area contributed by atoms with Crippen LogP contribution in [0.5, 0.6) is 0 Å². The summed E-state index contributed by atoms with van der Waals surface area (Å²) >= 11 is 3.48. The van der Waals surface area contributed by atoms with E-state index in [0.29, 0.717) is 11.3 Å². The van der Waals surface area contributed by atoms with E-state index in [-0.39, 0.29) is 11.5 Å². The Morgan fingerprint density at radius 1 is 0.826 bits per heavy atom. The lowest BCUT2D eigenvalue weighted by Gasteiger charge is -2.11. The molecule has 0 radical (unpaired) electrons. The lowest BCUT2D eigenvalue weighted by molar-refractivity contribution is 0.100. The number of rotatable bonds is 3. The van der Waals surface area contributed by atoms with Crippen LogP contribution in [-0.4, -0.2) is 11.8 Å². The lowest BCUT2D eigenvalue weighted by atomic mass is 10.0. The largest absolute Gasteiger partial charge is 0.366 e. The van der Waals surface area contributed by atoms with Crippen molar-refractivity contribution in [2.75, 3.05) is 5.32 Å². The van der Waals surface area contributed by atoms with E-state index < -0.39 is 5.91 Å². The van der Waals surface area contributed by atoms with Gasteiger partial charge in [-0.25, -0.2) is 0 Å². The number of carbonyl (C=O) groups excluding carboxylic acids is 2. The molecule has 3 rings (SSSR count). The van der Waals surface area contributed by atoms with Crippen molar-refractivity contribution in [3.05, 3.63) is 76.3 Å². The molecule has 0 bridgehead atoms. The number of hydrogen-bond acceptors (Lipinski definition) is 2. The third-order valence-electron chi connectivity index (χ3n) is 3.55. The van der Waals surface area contributed by atoms with Gasteiger partial charge in [-0.05, 0) is 35.0 Å². The molecule has 114 valence electrons. The molecule has 0 aliphatic rings. The Bertz CT molecular complexity index is 922. The van der Waals surface area contributed by atoms with Crippen LogP contribution in [0.1, 0.15) is 20.7 Å². The number of halogens is 1. The van der Waals surface area contributed by atoms with E-state index in [2.05, 4.69) is 21.2 Å². The first-order valence-electron chi connectivity index (χ1n) is 6.95. The molecule has 0 aromatic heterocycles. The van der Waals surface area contributed by atoms with Crippen LogP contribution in [0.2, 0.25) is 0 Å². The number of nitrogens with two attached hydrogens (primary N) is 1. The van der Waals surface area contributed by atoms with E-state index in [1.807, 2.05) is 30.3 Å². The summed E-state index contributed by atoms with van der Waals surface area (Å²) in [5.74, 6) is -0.871. The van der Waals surface area contributed by atoms with Crippen LogP contribution in [-0.2, 0) is 0 Å². The van der Waals surface area contributed by atoms with Gasteiger partial charge in [0.05, 0.1) is 11.3 Å². The van der Waals surface area contributed by atoms with E-state index in [1.54, 1.807) is 30.3 Å². The van der Waals surface area contributed by atoms with Gasteiger partial charge in [-0.15, -0.1) is 0 Å². The van der Waals surface area contributed by atoms with Gasteiger partial charge >= 0.3 is 0 Å². The first-order valence-corrected chi connectivity index (χ1v) is 7.74. The molecular formula is C18H13BrN2O2. The molecule has 3 N–H and O–H groups in total. The Kier molecular flexibility index (Phi) is 4.12. The Hall–Kier alpha value is -2.66. The van der Waals surface area contributed by atoms with Crippen molar-refractivity contribution in [2.24, 2.45) is 5.73 Å². The molecule has 2 amide bonds. The third-order valence-corrected chi connectivity index (χ3v) is 4.25. The maximum absolute atomic E-state index is 12.6. The number of nitrogens with one attached hydrogen (secondary N) is 1. The Labute approximate surface area is 141 Å². The second kappa shape index (κ2) is 6.22. The maximum atomic E-state index is 12.6. The summed E-state index contributed by atoms with van der Waals surface area (Å²) in [5.41, 5.74) is 6.55. The van der Waals surface area contributed by atoms with E-state index in [0.717, 1.165) is 15.2 Å². The summed E-state index contributed by atoms with van der Waals surface area (Å²) in [6.07, 6.45) is 0. The van der Waals surface area contributed by atoms with Crippen molar-refractivity contribution in [1.29, 1.82) is 0 Å².